The summed E-state index contributed by atoms with van der Waals surface area (Å²) in [6, 6.07) is 0. The van der Waals surface area contributed by atoms with Crippen LogP contribution in [0.5, 0.6) is 0 Å². The molecule has 1 aliphatic rings. The van der Waals surface area contributed by atoms with E-state index in [-0.39, 0.29) is 0 Å². The number of aromatic amines is 1. The zero-order valence-electron chi connectivity index (χ0n) is 8.84. The lowest BCUT2D eigenvalue weighted by molar-refractivity contribution is 0.292. The van der Waals surface area contributed by atoms with E-state index in [0.29, 0.717) is 0 Å². The van der Waals surface area contributed by atoms with Gasteiger partial charge in [-0.1, -0.05) is 19.3 Å². The number of H-pyrrole nitrogens is 1. The third-order valence-electron chi connectivity index (χ3n) is 3.03. The van der Waals surface area contributed by atoms with Crippen LogP contribution in [0.2, 0.25) is 0 Å². The van der Waals surface area contributed by atoms with Crippen LogP contribution < -0.4 is 5.32 Å². The highest BCUT2D eigenvalue weighted by Crippen LogP contribution is 2.28. The number of hydrogen-bond acceptors (Lipinski definition) is 2. The molecular formula is C11H19N3. The van der Waals surface area contributed by atoms with Gasteiger partial charge < -0.3 is 10.3 Å². The fourth-order valence-electron chi connectivity index (χ4n) is 1.87. The average Bonchev–Trinajstić information content (AvgIpc) is 2.48. The van der Waals surface area contributed by atoms with Crippen LogP contribution in [0.25, 0.3) is 0 Å². The Labute approximate surface area is 85.3 Å². The number of imidazole rings is 1. The van der Waals surface area contributed by atoms with Crippen LogP contribution in [-0.4, -0.2) is 16.5 Å². The number of rotatable bonds is 5. The normalized spacial score (nSPS) is 16.9. The Morgan fingerprint density at radius 3 is 3.00 bits per heavy atom. The van der Waals surface area contributed by atoms with Crippen molar-refractivity contribution in [3.05, 3.63) is 17.7 Å². The first-order valence-corrected chi connectivity index (χ1v) is 5.56. The average molecular weight is 193 g/mol. The van der Waals surface area contributed by atoms with E-state index in [1.807, 2.05) is 13.1 Å². The highest BCUT2D eigenvalue weighted by molar-refractivity contribution is 4.99. The summed E-state index contributed by atoms with van der Waals surface area (Å²) in [4.78, 5) is 7.38. The lowest BCUT2D eigenvalue weighted by atomic mass is 9.83. The second-order valence-electron chi connectivity index (χ2n) is 4.26. The predicted octanol–water partition coefficient (Wildman–Crippen LogP) is 2.00. The van der Waals surface area contributed by atoms with Gasteiger partial charge in [0, 0.05) is 18.4 Å². The molecule has 0 radical (unpaired) electrons. The van der Waals surface area contributed by atoms with Crippen LogP contribution in [0.4, 0.5) is 0 Å². The van der Waals surface area contributed by atoms with E-state index >= 15 is 0 Å². The van der Waals surface area contributed by atoms with Gasteiger partial charge in [-0.05, 0) is 25.8 Å². The lowest BCUT2D eigenvalue weighted by Crippen LogP contribution is -2.21. The Balaban J connectivity index is 1.58. The first-order valence-electron chi connectivity index (χ1n) is 5.56. The van der Waals surface area contributed by atoms with Crippen LogP contribution in [0.15, 0.2) is 6.20 Å². The first kappa shape index (κ1) is 9.71. The molecule has 1 saturated carbocycles. The Hall–Kier alpha value is -0.830. The molecule has 14 heavy (non-hydrogen) atoms. The van der Waals surface area contributed by atoms with Crippen LogP contribution in [0.1, 0.15) is 37.2 Å². The molecule has 0 unspecified atom stereocenters. The van der Waals surface area contributed by atoms with Gasteiger partial charge in [-0.2, -0.15) is 0 Å². The van der Waals surface area contributed by atoms with E-state index < -0.39 is 0 Å². The SMILES string of the molecule is Cc1ncc(CNCCC2CCC2)[nH]1. The summed E-state index contributed by atoms with van der Waals surface area (Å²) in [5.74, 6) is 2.01. The van der Waals surface area contributed by atoms with Crippen molar-refractivity contribution in [1.82, 2.24) is 15.3 Å². The maximum Gasteiger partial charge on any atom is 0.103 e. The van der Waals surface area contributed by atoms with E-state index in [9.17, 15) is 0 Å². The third kappa shape index (κ3) is 2.58. The lowest BCUT2D eigenvalue weighted by Gasteiger charge is -2.25. The molecule has 2 N–H and O–H groups in total. The van der Waals surface area contributed by atoms with Crippen LogP contribution in [0, 0.1) is 12.8 Å². The van der Waals surface area contributed by atoms with Gasteiger partial charge in [0.25, 0.3) is 0 Å². The summed E-state index contributed by atoms with van der Waals surface area (Å²) < 4.78 is 0. The first-order chi connectivity index (χ1) is 6.84. The maximum atomic E-state index is 4.16. The van der Waals surface area contributed by atoms with E-state index in [4.69, 9.17) is 0 Å². The van der Waals surface area contributed by atoms with Gasteiger partial charge in [0.2, 0.25) is 0 Å². The second-order valence-corrected chi connectivity index (χ2v) is 4.26. The molecule has 3 nitrogen and oxygen atoms in total. The molecule has 0 spiro atoms. The van der Waals surface area contributed by atoms with Crippen molar-refractivity contribution in [1.29, 1.82) is 0 Å². The highest BCUT2D eigenvalue weighted by Gasteiger charge is 2.16. The number of hydrogen-bond donors (Lipinski definition) is 2. The summed E-state index contributed by atoms with van der Waals surface area (Å²) in [6.45, 7) is 4.05. The molecule has 1 aliphatic carbocycles. The number of nitrogens with zero attached hydrogens (tertiary/aromatic N) is 1. The molecule has 0 bridgehead atoms. The van der Waals surface area contributed by atoms with Crippen molar-refractivity contribution in [3.8, 4) is 0 Å². The van der Waals surface area contributed by atoms with E-state index in [0.717, 1.165) is 24.8 Å². The zero-order valence-corrected chi connectivity index (χ0v) is 8.84. The van der Waals surface area contributed by atoms with Crippen molar-refractivity contribution in [2.75, 3.05) is 6.54 Å². The Morgan fingerprint density at radius 2 is 2.43 bits per heavy atom. The van der Waals surface area contributed by atoms with Crippen LogP contribution >= 0.6 is 0 Å². The Bertz CT molecular complexity index is 276. The molecule has 1 aromatic rings. The largest absolute Gasteiger partial charge is 0.345 e. The van der Waals surface area contributed by atoms with E-state index in [1.54, 1.807) is 0 Å². The smallest absolute Gasteiger partial charge is 0.103 e. The van der Waals surface area contributed by atoms with Crippen molar-refractivity contribution < 1.29 is 0 Å². The van der Waals surface area contributed by atoms with Gasteiger partial charge in [-0.3, -0.25) is 0 Å². The Morgan fingerprint density at radius 1 is 1.57 bits per heavy atom. The van der Waals surface area contributed by atoms with Gasteiger partial charge >= 0.3 is 0 Å². The van der Waals surface area contributed by atoms with Gasteiger partial charge in [0.05, 0.1) is 0 Å². The summed E-state index contributed by atoms with van der Waals surface area (Å²) in [5.41, 5.74) is 1.19. The Kier molecular flexibility index (Phi) is 3.19. The van der Waals surface area contributed by atoms with Gasteiger partial charge in [0.1, 0.15) is 5.82 Å². The maximum absolute atomic E-state index is 4.16. The van der Waals surface area contributed by atoms with Crippen molar-refractivity contribution in [2.45, 2.75) is 39.2 Å². The fraction of sp³-hybridized carbons (Fsp3) is 0.727. The minimum Gasteiger partial charge on any atom is -0.345 e. The molecular weight excluding hydrogens is 174 g/mol. The molecule has 0 amide bonds. The summed E-state index contributed by atoms with van der Waals surface area (Å²) in [6.07, 6.45) is 7.60. The van der Waals surface area contributed by atoms with E-state index in [1.165, 1.54) is 31.4 Å². The van der Waals surface area contributed by atoms with Crippen molar-refractivity contribution >= 4 is 0 Å². The van der Waals surface area contributed by atoms with Crippen molar-refractivity contribution in [3.63, 3.8) is 0 Å². The molecule has 0 aliphatic heterocycles. The number of aromatic nitrogens is 2. The van der Waals surface area contributed by atoms with Crippen molar-refractivity contribution in [2.24, 2.45) is 5.92 Å². The monoisotopic (exact) mass is 193 g/mol. The molecule has 2 rings (SSSR count). The highest BCUT2D eigenvalue weighted by atomic mass is 15.0. The molecule has 0 aromatic carbocycles. The molecule has 3 heteroatoms. The molecule has 1 aromatic heterocycles. The quantitative estimate of drug-likeness (QED) is 0.702. The van der Waals surface area contributed by atoms with Gasteiger partial charge in [0.15, 0.2) is 0 Å². The van der Waals surface area contributed by atoms with Crippen LogP contribution in [0.3, 0.4) is 0 Å². The molecule has 78 valence electrons. The number of nitrogens with one attached hydrogen (secondary N) is 2. The van der Waals surface area contributed by atoms with E-state index in [2.05, 4.69) is 15.3 Å². The third-order valence-corrected chi connectivity index (χ3v) is 3.03. The predicted molar refractivity (Wildman–Crippen MR) is 57.0 cm³/mol. The summed E-state index contributed by atoms with van der Waals surface area (Å²) in [5, 5.41) is 3.44. The minimum atomic E-state index is 0.924. The molecule has 1 fully saturated rings. The van der Waals surface area contributed by atoms with Gasteiger partial charge in [-0.15, -0.1) is 0 Å². The van der Waals surface area contributed by atoms with Crippen LogP contribution in [-0.2, 0) is 6.54 Å². The molecule has 1 heterocycles. The fourth-order valence-corrected chi connectivity index (χ4v) is 1.87. The second kappa shape index (κ2) is 4.60. The topological polar surface area (TPSA) is 40.7 Å². The minimum absolute atomic E-state index is 0.924. The standard InChI is InChI=1S/C11H19N3/c1-9-13-8-11(14-9)7-12-6-5-10-3-2-4-10/h8,10,12H,2-7H2,1H3,(H,13,14). The molecule has 0 atom stereocenters. The summed E-state index contributed by atoms with van der Waals surface area (Å²) in [7, 11) is 0. The number of aryl methyl sites for hydroxylation is 1. The summed E-state index contributed by atoms with van der Waals surface area (Å²) >= 11 is 0. The zero-order chi connectivity index (χ0) is 9.80. The van der Waals surface area contributed by atoms with Gasteiger partial charge in [-0.25, -0.2) is 4.98 Å². The molecule has 0 saturated heterocycles.